The molecule has 3 rings (SSSR count). The lowest BCUT2D eigenvalue weighted by molar-refractivity contribution is -0.147. The zero-order valence-corrected chi connectivity index (χ0v) is 11.1. The highest BCUT2D eigenvalue weighted by Gasteiger charge is 2.39. The molecule has 0 unspecified atom stereocenters. The van der Waals surface area contributed by atoms with Gasteiger partial charge in [-0.2, -0.15) is 13.2 Å². The van der Waals surface area contributed by atoms with Crippen molar-refractivity contribution in [3.63, 3.8) is 0 Å². The predicted octanol–water partition coefficient (Wildman–Crippen LogP) is 1.78. The first-order valence-corrected chi connectivity index (χ1v) is 6.53. The van der Waals surface area contributed by atoms with Gasteiger partial charge in [0.05, 0.1) is 6.54 Å². The Morgan fingerprint density at radius 2 is 1.90 bits per heavy atom. The Kier molecular flexibility index (Phi) is 3.32. The van der Waals surface area contributed by atoms with Gasteiger partial charge in [-0.1, -0.05) is 18.2 Å². The van der Waals surface area contributed by atoms with Crippen LogP contribution in [0.2, 0.25) is 0 Å². The molecule has 2 heterocycles. The molecule has 1 aromatic carbocycles. The van der Waals surface area contributed by atoms with Crippen LogP contribution in [0.1, 0.15) is 17.2 Å². The first kappa shape index (κ1) is 13.9. The minimum Gasteiger partial charge on any atom is -0.362 e. The van der Waals surface area contributed by atoms with Crippen LogP contribution in [-0.2, 0) is 25.8 Å². The minimum atomic E-state index is -4.47. The molecule has 21 heavy (non-hydrogen) atoms. The van der Waals surface area contributed by atoms with E-state index in [-0.39, 0.29) is 6.54 Å². The molecular formula is C13H14F3N5. The Labute approximate surface area is 119 Å². The average Bonchev–Trinajstić information content (AvgIpc) is 2.90. The molecule has 0 amide bonds. The van der Waals surface area contributed by atoms with E-state index in [2.05, 4.69) is 10.2 Å². The van der Waals surface area contributed by atoms with Crippen LogP contribution < -0.4 is 10.6 Å². The second-order valence-corrected chi connectivity index (χ2v) is 4.84. The molecule has 1 aliphatic heterocycles. The molecular weight excluding hydrogens is 283 g/mol. The number of halogens is 3. The summed E-state index contributed by atoms with van der Waals surface area (Å²) in [5.74, 6) is -0.607. The summed E-state index contributed by atoms with van der Waals surface area (Å²) in [7, 11) is 0. The molecule has 1 aliphatic rings. The molecule has 8 heteroatoms. The molecule has 0 bridgehead atoms. The molecule has 1 aromatic heterocycles. The van der Waals surface area contributed by atoms with Gasteiger partial charge in [-0.15, -0.1) is 10.2 Å². The smallest absolute Gasteiger partial charge is 0.362 e. The molecule has 0 saturated carbocycles. The highest BCUT2D eigenvalue weighted by Crippen LogP contribution is 2.31. The molecule has 0 radical (unpaired) electrons. The van der Waals surface area contributed by atoms with Gasteiger partial charge in [0, 0.05) is 25.3 Å². The Bertz CT molecular complexity index is 649. The van der Waals surface area contributed by atoms with E-state index in [9.17, 15) is 13.2 Å². The summed E-state index contributed by atoms with van der Waals surface area (Å²) in [6.07, 6.45) is -4.47. The molecule has 0 fully saturated rings. The van der Waals surface area contributed by atoms with Gasteiger partial charge in [0.25, 0.3) is 0 Å². The van der Waals surface area contributed by atoms with Crippen molar-refractivity contribution in [3.8, 4) is 0 Å². The second-order valence-electron chi connectivity index (χ2n) is 4.84. The van der Waals surface area contributed by atoms with Gasteiger partial charge in [-0.05, 0) is 11.6 Å². The van der Waals surface area contributed by atoms with Crippen molar-refractivity contribution in [2.75, 3.05) is 11.4 Å². The van der Waals surface area contributed by atoms with Crippen LogP contribution in [0.25, 0.3) is 0 Å². The number of nitrogens with zero attached hydrogens (tertiary/aromatic N) is 4. The number of benzene rings is 1. The van der Waals surface area contributed by atoms with Gasteiger partial charge in [0.2, 0.25) is 5.82 Å². The number of rotatable bonds is 2. The summed E-state index contributed by atoms with van der Waals surface area (Å²) < 4.78 is 39.5. The van der Waals surface area contributed by atoms with Crippen LogP contribution in [0.4, 0.5) is 18.9 Å². The molecule has 112 valence electrons. The van der Waals surface area contributed by atoms with Crippen molar-refractivity contribution in [2.45, 2.75) is 25.8 Å². The van der Waals surface area contributed by atoms with Crippen LogP contribution >= 0.6 is 0 Å². The topological polar surface area (TPSA) is 60.0 Å². The average molecular weight is 297 g/mol. The molecule has 0 saturated heterocycles. The van der Waals surface area contributed by atoms with Crippen LogP contribution in [0.15, 0.2) is 24.3 Å². The number of aromatic nitrogens is 3. The number of nitrogens with two attached hydrogens (primary N) is 1. The van der Waals surface area contributed by atoms with Crippen molar-refractivity contribution in [3.05, 3.63) is 41.5 Å². The van der Waals surface area contributed by atoms with E-state index in [1.54, 1.807) is 0 Å². The van der Waals surface area contributed by atoms with Crippen LogP contribution in [-0.4, -0.2) is 21.3 Å². The minimum absolute atomic E-state index is 0.204. The largest absolute Gasteiger partial charge is 0.451 e. The normalized spacial score (nSPS) is 15.1. The Balaban J connectivity index is 1.90. The van der Waals surface area contributed by atoms with E-state index in [4.69, 9.17) is 5.73 Å². The Morgan fingerprint density at radius 3 is 2.62 bits per heavy atom. The van der Waals surface area contributed by atoms with Crippen molar-refractivity contribution in [2.24, 2.45) is 5.73 Å². The number of hydrogen-bond acceptors (Lipinski definition) is 4. The maximum absolute atomic E-state index is 12.8. The van der Waals surface area contributed by atoms with Crippen molar-refractivity contribution < 1.29 is 13.2 Å². The lowest BCUT2D eigenvalue weighted by Crippen LogP contribution is -2.36. The highest BCUT2D eigenvalue weighted by atomic mass is 19.4. The van der Waals surface area contributed by atoms with E-state index in [1.165, 1.54) is 0 Å². The zero-order valence-electron chi connectivity index (χ0n) is 11.1. The number of para-hydroxylation sites is 1. The van der Waals surface area contributed by atoms with Gasteiger partial charge in [0.1, 0.15) is 0 Å². The predicted molar refractivity (Wildman–Crippen MR) is 70.4 cm³/mol. The first-order chi connectivity index (χ1) is 10.0. The zero-order chi connectivity index (χ0) is 15.0. The van der Waals surface area contributed by atoms with Gasteiger partial charge in [-0.3, -0.25) is 0 Å². The summed E-state index contributed by atoms with van der Waals surface area (Å²) in [5.41, 5.74) is 7.60. The lowest BCUT2D eigenvalue weighted by Gasteiger charge is -2.31. The second kappa shape index (κ2) is 5.03. The van der Waals surface area contributed by atoms with Crippen molar-refractivity contribution in [1.29, 1.82) is 0 Å². The number of alkyl halides is 3. The molecule has 5 nitrogen and oxygen atoms in total. The molecule has 2 N–H and O–H groups in total. The van der Waals surface area contributed by atoms with Crippen molar-refractivity contribution in [1.82, 2.24) is 14.8 Å². The lowest BCUT2D eigenvalue weighted by atomic mass is 10.1. The maximum atomic E-state index is 12.8. The molecule has 0 spiro atoms. The van der Waals surface area contributed by atoms with E-state index in [0.29, 0.717) is 25.5 Å². The third kappa shape index (κ3) is 2.46. The Hall–Kier alpha value is -2.09. The van der Waals surface area contributed by atoms with Gasteiger partial charge in [0.15, 0.2) is 5.82 Å². The van der Waals surface area contributed by atoms with E-state index in [0.717, 1.165) is 15.8 Å². The summed E-state index contributed by atoms with van der Waals surface area (Å²) in [6, 6.07) is 7.60. The summed E-state index contributed by atoms with van der Waals surface area (Å²) in [4.78, 5) is 1.98. The van der Waals surface area contributed by atoms with Gasteiger partial charge < -0.3 is 15.2 Å². The van der Waals surface area contributed by atoms with Gasteiger partial charge in [-0.25, -0.2) is 0 Å². The standard InChI is InChI=1S/C13H14F3N5/c14-13(15,16)12-19-18-11-8-20(5-6-21(11)12)10-4-2-1-3-9(10)7-17/h1-4H,5-8,17H2. The molecule has 2 aromatic rings. The van der Waals surface area contributed by atoms with E-state index < -0.39 is 12.0 Å². The fourth-order valence-corrected chi connectivity index (χ4v) is 2.56. The van der Waals surface area contributed by atoms with Crippen LogP contribution in [0.5, 0.6) is 0 Å². The fourth-order valence-electron chi connectivity index (χ4n) is 2.56. The SMILES string of the molecule is NCc1ccccc1N1CCn2c(nnc2C(F)(F)F)C1. The van der Waals surface area contributed by atoms with E-state index >= 15 is 0 Å². The van der Waals surface area contributed by atoms with Crippen molar-refractivity contribution >= 4 is 5.69 Å². The third-order valence-corrected chi connectivity index (χ3v) is 3.56. The van der Waals surface area contributed by atoms with Crippen LogP contribution in [0, 0.1) is 0 Å². The quantitative estimate of drug-likeness (QED) is 0.918. The number of anilines is 1. The summed E-state index contributed by atoms with van der Waals surface area (Å²) in [6.45, 7) is 1.34. The Morgan fingerprint density at radius 1 is 1.14 bits per heavy atom. The maximum Gasteiger partial charge on any atom is 0.451 e. The number of hydrogen-bond donors (Lipinski definition) is 1. The van der Waals surface area contributed by atoms with Crippen LogP contribution in [0.3, 0.4) is 0 Å². The summed E-state index contributed by atoms with van der Waals surface area (Å²) in [5, 5.41) is 6.95. The fraction of sp³-hybridized carbons (Fsp3) is 0.385. The monoisotopic (exact) mass is 297 g/mol. The third-order valence-electron chi connectivity index (χ3n) is 3.56. The van der Waals surface area contributed by atoms with E-state index in [1.807, 2.05) is 29.2 Å². The van der Waals surface area contributed by atoms with Gasteiger partial charge >= 0.3 is 6.18 Å². The number of fused-ring (bicyclic) bond motifs is 1. The molecule has 0 aliphatic carbocycles. The summed E-state index contributed by atoms with van der Waals surface area (Å²) >= 11 is 0. The highest BCUT2D eigenvalue weighted by molar-refractivity contribution is 5.54. The first-order valence-electron chi connectivity index (χ1n) is 6.53. The molecule has 0 atom stereocenters.